The Labute approximate surface area is 276 Å². The van der Waals surface area contributed by atoms with Crippen LogP contribution in [0.3, 0.4) is 0 Å². The Bertz CT molecular complexity index is 1380. The van der Waals surface area contributed by atoms with Gasteiger partial charge < -0.3 is 9.80 Å². The third-order valence-corrected chi connectivity index (χ3v) is 6.39. The number of carbonyl (C=O) groups excluding carboxylic acids is 2. The molecule has 0 N–H and O–H groups in total. The van der Waals surface area contributed by atoms with Gasteiger partial charge in [0, 0.05) is 36.6 Å². The first-order valence-corrected chi connectivity index (χ1v) is 16.6. The summed E-state index contributed by atoms with van der Waals surface area (Å²) in [5.74, 6) is 0.0711. The molecule has 2 amide bonds. The van der Waals surface area contributed by atoms with Crippen LogP contribution < -0.4 is 9.80 Å². The number of aryl methyl sites for hydroxylation is 4. The average molecular weight is 613 g/mol. The van der Waals surface area contributed by atoms with Gasteiger partial charge in [-0.05, 0) is 85.8 Å². The van der Waals surface area contributed by atoms with Crippen molar-refractivity contribution in [1.82, 2.24) is 0 Å². The first-order valence-electron chi connectivity index (χ1n) is 16.6. The van der Waals surface area contributed by atoms with Crippen molar-refractivity contribution in [1.29, 1.82) is 0 Å². The predicted octanol–water partition coefficient (Wildman–Crippen LogP) is 11.5. The van der Waals surface area contributed by atoms with Gasteiger partial charge in [-0.1, -0.05) is 123 Å². The van der Waals surface area contributed by atoms with Crippen LogP contribution in [0.4, 0.5) is 11.4 Å². The van der Waals surface area contributed by atoms with Gasteiger partial charge in [0.05, 0.1) is 0 Å². The van der Waals surface area contributed by atoms with E-state index >= 15 is 0 Å². The summed E-state index contributed by atoms with van der Waals surface area (Å²) in [5, 5.41) is 0. The zero-order chi connectivity index (χ0) is 34.9. The average Bonchev–Trinajstić information content (AvgIpc) is 3.11. The van der Waals surface area contributed by atoms with Crippen molar-refractivity contribution in [2.24, 2.45) is 0 Å². The molecule has 0 fully saturated rings. The van der Waals surface area contributed by atoms with Gasteiger partial charge in [-0.3, -0.25) is 9.59 Å². The molecule has 4 aromatic rings. The van der Waals surface area contributed by atoms with Crippen LogP contribution in [0, 0.1) is 20.8 Å². The molecular weight excluding hydrogens is 552 g/mol. The Kier molecular flexibility index (Phi) is 24.0. The Balaban J connectivity index is 0. The fourth-order valence-corrected chi connectivity index (χ4v) is 4.12. The molecule has 0 heterocycles. The minimum Gasteiger partial charge on any atom is -0.311 e. The van der Waals surface area contributed by atoms with Gasteiger partial charge in [0.15, 0.2) is 0 Å². The van der Waals surface area contributed by atoms with Crippen molar-refractivity contribution < 1.29 is 9.59 Å². The molecule has 0 saturated heterocycles. The van der Waals surface area contributed by atoms with Crippen molar-refractivity contribution in [2.45, 2.75) is 89.5 Å². The van der Waals surface area contributed by atoms with E-state index in [2.05, 4.69) is 6.92 Å². The summed E-state index contributed by atoms with van der Waals surface area (Å²) in [4.78, 5) is 28.4. The number of amides is 2. The number of benzene rings is 4. The third-order valence-electron chi connectivity index (χ3n) is 6.39. The van der Waals surface area contributed by atoms with E-state index in [-0.39, 0.29) is 11.8 Å². The number of hydrogen-bond donors (Lipinski definition) is 0. The Morgan fingerprint density at radius 1 is 0.511 bits per heavy atom. The largest absolute Gasteiger partial charge is 0.311 e. The van der Waals surface area contributed by atoms with Gasteiger partial charge in [0.2, 0.25) is 0 Å². The highest BCUT2D eigenvalue weighted by molar-refractivity contribution is 6.07. The second-order valence-electron chi connectivity index (χ2n) is 9.23. The van der Waals surface area contributed by atoms with E-state index in [9.17, 15) is 9.59 Å². The van der Waals surface area contributed by atoms with Gasteiger partial charge in [-0.15, -0.1) is 0 Å². The van der Waals surface area contributed by atoms with Crippen LogP contribution in [-0.4, -0.2) is 25.9 Å². The molecule has 0 aliphatic rings. The van der Waals surface area contributed by atoms with Crippen LogP contribution in [0.5, 0.6) is 0 Å². The molecule has 4 aromatic carbocycles. The molecule has 0 aliphatic carbocycles. The second-order valence-corrected chi connectivity index (χ2v) is 9.23. The van der Waals surface area contributed by atoms with Crippen molar-refractivity contribution in [3.05, 3.63) is 130 Å². The summed E-state index contributed by atoms with van der Waals surface area (Å²) in [6, 6.07) is 31.4. The number of rotatable bonds is 5. The van der Waals surface area contributed by atoms with E-state index < -0.39 is 0 Å². The molecule has 4 heteroatoms. The zero-order valence-electron chi connectivity index (χ0n) is 30.7. The minimum absolute atomic E-state index is 0.0266. The monoisotopic (exact) mass is 612 g/mol. The zero-order valence-corrected chi connectivity index (χ0v) is 30.7. The molecule has 45 heavy (non-hydrogen) atoms. The van der Waals surface area contributed by atoms with Crippen LogP contribution in [0.1, 0.15) is 105 Å². The lowest BCUT2D eigenvalue weighted by Crippen LogP contribution is -2.27. The molecular formula is C41H60N2O2. The Morgan fingerprint density at radius 2 is 0.889 bits per heavy atom. The van der Waals surface area contributed by atoms with Crippen LogP contribution in [0.15, 0.2) is 97.1 Å². The normalized spacial score (nSPS) is 8.93. The first-order chi connectivity index (χ1) is 21.7. The van der Waals surface area contributed by atoms with Crippen molar-refractivity contribution in [3.63, 3.8) is 0 Å². The van der Waals surface area contributed by atoms with Gasteiger partial charge in [0.25, 0.3) is 11.8 Å². The molecule has 0 aliphatic heterocycles. The molecule has 0 bridgehead atoms. The maximum atomic E-state index is 12.6. The number of hydrogen-bond acceptors (Lipinski definition) is 2. The highest BCUT2D eigenvalue weighted by Gasteiger charge is 2.16. The van der Waals surface area contributed by atoms with E-state index in [1.54, 1.807) is 9.80 Å². The molecule has 0 spiro atoms. The SMILES string of the molecule is CC.CC.CC.CC.CCc1ccccc1C(=O)N(C)c1cccc(C)c1.Cc1cccc(N(C)C(=O)c2ccccc2C)c1. The maximum absolute atomic E-state index is 12.6. The van der Waals surface area contributed by atoms with E-state index in [1.165, 1.54) is 0 Å². The summed E-state index contributed by atoms with van der Waals surface area (Å²) in [5.41, 5.74) is 7.78. The van der Waals surface area contributed by atoms with Crippen molar-refractivity contribution in [3.8, 4) is 0 Å². The molecule has 4 rings (SSSR count). The summed E-state index contributed by atoms with van der Waals surface area (Å²) >= 11 is 0. The van der Waals surface area contributed by atoms with E-state index in [0.717, 1.165) is 51.2 Å². The van der Waals surface area contributed by atoms with Crippen LogP contribution >= 0.6 is 0 Å². The lowest BCUT2D eigenvalue weighted by molar-refractivity contribution is 0.0984. The first kappa shape index (κ1) is 43.0. The summed E-state index contributed by atoms with van der Waals surface area (Å²) in [6.07, 6.45) is 0.865. The van der Waals surface area contributed by atoms with Crippen LogP contribution in [0.25, 0.3) is 0 Å². The van der Waals surface area contributed by atoms with Crippen LogP contribution in [0.2, 0.25) is 0 Å². The van der Waals surface area contributed by atoms with Gasteiger partial charge in [-0.25, -0.2) is 0 Å². The lowest BCUT2D eigenvalue weighted by Gasteiger charge is -2.19. The summed E-state index contributed by atoms with van der Waals surface area (Å²) < 4.78 is 0. The molecule has 4 nitrogen and oxygen atoms in total. The molecule has 0 radical (unpaired) electrons. The van der Waals surface area contributed by atoms with Gasteiger partial charge in [0.1, 0.15) is 0 Å². The molecule has 0 aromatic heterocycles. The molecule has 0 saturated carbocycles. The number of anilines is 2. The number of nitrogens with zero attached hydrogens (tertiary/aromatic N) is 2. The van der Waals surface area contributed by atoms with Crippen molar-refractivity contribution in [2.75, 3.05) is 23.9 Å². The minimum atomic E-state index is 0.0266. The Hall–Kier alpha value is -4.18. The second kappa shape index (κ2) is 25.2. The molecule has 0 atom stereocenters. The highest BCUT2D eigenvalue weighted by Crippen LogP contribution is 2.20. The maximum Gasteiger partial charge on any atom is 0.258 e. The fraction of sp³-hybridized carbons (Fsp3) is 0.366. The molecule has 0 unspecified atom stereocenters. The van der Waals surface area contributed by atoms with E-state index in [4.69, 9.17) is 0 Å². The quantitative estimate of drug-likeness (QED) is 0.225. The lowest BCUT2D eigenvalue weighted by atomic mass is 10.0. The highest BCUT2D eigenvalue weighted by atomic mass is 16.2. The summed E-state index contributed by atoms with van der Waals surface area (Å²) in [6.45, 7) is 24.1. The molecule has 246 valence electrons. The smallest absolute Gasteiger partial charge is 0.258 e. The van der Waals surface area contributed by atoms with E-state index in [0.29, 0.717) is 0 Å². The predicted molar refractivity (Wildman–Crippen MR) is 200 cm³/mol. The van der Waals surface area contributed by atoms with Gasteiger partial charge >= 0.3 is 0 Å². The van der Waals surface area contributed by atoms with E-state index in [1.807, 2.05) is 187 Å². The third kappa shape index (κ3) is 14.0. The topological polar surface area (TPSA) is 40.6 Å². The Morgan fingerprint density at radius 3 is 1.29 bits per heavy atom. The number of carbonyl (C=O) groups is 2. The fourth-order valence-electron chi connectivity index (χ4n) is 4.12. The standard InChI is InChI=1S/C17H19NO.C16H17NO.4C2H6/c1-4-14-9-5-6-11-16(14)17(19)18(3)15-10-7-8-13(2)12-15;1-12-7-6-9-14(11-12)17(3)16(18)15-10-5-4-8-13(15)2;4*1-2/h5-12H,4H2,1-3H3;4-11H,1-3H3;4*1-2H3. The van der Waals surface area contributed by atoms with Gasteiger partial charge in [-0.2, -0.15) is 0 Å². The summed E-state index contributed by atoms with van der Waals surface area (Å²) in [7, 11) is 3.63. The van der Waals surface area contributed by atoms with Crippen molar-refractivity contribution >= 4 is 23.2 Å². The van der Waals surface area contributed by atoms with Crippen LogP contribution in [-0.2, 0) is 6.42 Å².